The van der Waals surface area contributed by atoms with E-state index in [0.29, 0.717) is 22.3 Å². The van der Waals surface area contributed by atoms with Crippen molar-refractivity contribution in [2.24, 2.45) is 0 Å². The van der Waals surface area contributed by atoms with Crippen molar-refractivity contribution in [2.45, 2.75) is 94.6 Å². The SMILES string of the molecule is CO[C@]12CC(=O)O[C@]13C(=O)c1c(cc4cc(O[Si](C)(C)C(C)(C)C)c5c(c4c1O)CN(C)C5=O)C(=O)[C@]3(O[C@H]1CC=C[C@H](C)O1)CO2. The first-order chi connectivity index (χ1) is 21.9. The van der Waals surface area contributed by atoms with Crippen LogP contribution >= 0.6 is 0 Å². The first-order valence-corrected chi connectivity index (χ1v) is 18.6. The predicted octanol–water partition coefficient (Wildman–Crippen LogP) is 4.40. The topological polar surface area (TPSA) is 147 Å². The molecule has 1 amide bonds. The van der Waals surface area contributed by atoms with Crippen LogP contribution in [0.15, 0.2) is 24.3 Å². The van der Waals surface area contributed by atoms with Gasteiger partial charge in [-0.3, -0.25) is 19.2 Å². The van der Waals surface area contributed by atoms with E-state index >= 15 is 0 Å². The number of hydrogen-bond acceptors (Lipinski definition) is 11. The van der Waals surface area contributed by atoms with Gasteiger partial charge in [-0.25, -0.2) is 0 Å². The molecular formula is C34H39NO11Si. The Morgan fingerprint density at radius 3 is 2.47 bits per heavy atom. The lowest BCUT2D eigenvalue weighted by Crippen LogP contribution is -2.73. The predicted molar refractivity (Wildman–Crippen MR) is 169 cm³/mol. The van der Waals surface area contributed by atoms with Crippen LogP contribution in [-0.4, -0.2) is 91.9 Å². The average molecular weight is 666 g/mol. The van der Waals surface area contributed by atoms with E-state index in [4.69, 9.17) is 28.1 Å². The fourth-order valence-corrected chi connectivity index (χ4v) is 8.38. The van der Waals surface area contributed by atoms with Crippen molar-refractivity contribution in [2.75, 3.05) is 20.8 Å². The van der Waals surface area contributed by atoms with E-state index in [9.17, 15) is 24.3 Å². The van der Waals surface area contributed by atoms with Crippen LogP contribution in [0.25, 0.3) is 10.8 Å². The molecule has 5 aliphatic rings. The van der Waals surface area contributed by atoms with Crippen molar-refractivity contribution in [1.29, 1.82) is 0 Å². The van der Waals surface area contributed by atoms with Crippen LogP contribution in [0.4, 0.5) is 0 Å². The molecule has 250 valence electrons. The van der Waals surface area contributed by atoms with Gasteiger partial charge in [0, 0.05) is 38.1 Å². The summed E-state index contributed by atoms with van der Waals surface area (Å²) in [5, 5.41) is 12.5. The molecular weight excluding hydrogens is 626 g/mol. The Balaban J connectivity index is 1.49. The van der Waals surface area contributed by atoms with Gasteiger partial charge in [0.25, 0.3) is 19.8 Å². The maximum Gasteiger partial charge on any atom is 0.312 e. The summed E-state index contributed by atoms with van der Waals surface area (Å²) in [6, 6.07) is 3.16. The second-order valence-corrected chi connectivity index (χ2v) is 19.3. The summed E-state index contributed by atoms with van der Waals surface area (Å²) in [6.07, 6.45) is 2.12. The van der Waals surface area contributed by atoms with Gasteiger partial charge < -0.3 is 38.1 Å². The van der Waals surface area contributed by atoms with Crippen molar-refractivity contribution >= 4 is 42.5 Å². The van der Waals surface area contributed by atoms with Crippen LogP contribution in [0.5, 0.6) is 11.5 Å². The standard InChI is InChI=1S/C34H39NO11Si/c1-17-10-9-11-23(43-17)45-32-16-42-33(41-6)14-22(36)44-34(32,33)29(39)26-19(28(32)38)12-18-13-21(46-47(7,8)31(2,3)4)25-20(24(18)27(26)37)15-35(5)30(25)40/h9-10,12-13,17,23,37H,11,14-16H2,1-8H3/t17-,23-,32+,33-,34-/m0/s1. The molecule has 0 aromatic heterocycles. The average Bonchev–Trinajstić information content (AvgIpc) is 3.55. The van der Waals surface area contributed by atoms with Gasteiger partial charge in [0.1, 0.15) is 17.9 Å². The van der Waals surface area contributed by atoms with Gasteiger partial charge in [-0.05, 0) is 48.1 Å². The number of carbonyl (C=O) groups is 4. The third-order valence-corrected chi connectivity index (χ3v) is 15.1. The number of amides is 1. The van der Waals surface area contributed by atoms with Crippen molar-refractivity contribution < 1.29 is 52.4 Å². The summed E-state index contributed by atoms with van der Waals surface area (Å²) in [5.41, 5.74) is -4.35. The summed E-state index contributed by atoms with van der Waals surface area (Å²) in [6.45, 7) is 11.8. The van der Waals surface area contributed by atoms with Crippen LogP contribution in [0.2, 0.25) is 18.1 Å². The Labute approximate surface area is 273 Å². The maximum atomic E-state index is 14.9. The summed E-state index contributed by atoms with van der Waals surface area (Å²) < 4.78 is 36.7. The first kappa shape index (κ1) is 31.9. The van der Waals surface area contributed by atoms with E-state index in [1.165, 1.54) is 18.1 Å². The van der Waals surface area contributed by atoms with Crippen molar-refractivity contribution in [3.05, 3.63) is 46.5 Å². The molecule has 7 rings (SSSR count). The highest BCUT2D eigenvalue weighted by Crippen LogP contribution is 2.61. The molecule has 2 saturated heterocycles. The van der Waals surface area contributed by atoms with Crippen LogP contribution in [0, 0.1) is 0 Å². The van der Waals surface area contributed by atoms with E-state index in [1.807, 2.05) is 12.2 Å². The number of fused-ring (bicyclic) bond motifs is 4. The van der Waals surface area contributed by atoms with E-state index in [1.54, 1.807) is 20.0 Å². The Kier molecular flexibility index (Phi) is 6.77. The molecule has 4 aliphatic heterocycles. The number of hydrogen-bond donors (Lipinski definition) is 1. The Morgan fingerprint density at radius 1 is 1.09 bits per heavy atom. The Hall–Kier alpha value is -3.62. The summed E-state index contributed by atoms with van der Waals surface area (Å²) in [5.74, 6) is -4.92. The number of phenols is 1. The molecule has 47 heavy (non-hydrogen) atoms. The summed E-state index contributed by atoms with van der Waals surface area (Å²) >= 11 is 0. The number of esters is 1. The molecule has 1 spiro atoms. The number of nitrogens with zero attached hydrogens (tertiary/aromatic N) is 1. The van der Waals surface area contributed by atoms with Gasteiger partial charge in [-0.15, -0.1) is 0 Å². The maximum absolute atomic E-state index is 14.9. The number of Topliss-reactive ketones (excluding diaryl/α,β-unsaturated/α-hetero) is 2. The van der Waals surface area contributed by atoms with E-state index in [-0.39, 0.29) is 46.5 Å². The fourth-order valence-electron chi connectivity index (χ4n) is 7.37. The zero-order chi connectivity index (χ0) is 34.1. The molecule has 5 atom stereocenters. The zero-order valence-corrected chi connectivity index (χ0v) is 28.8. The summed E-state index contributed by atoms with van der Waals surface area (Å²) in [4.78, 5) is 57.9. The Bertz CT molecular complexity index is 1830. The lowest BCUT2D eigenvalue weighted by atomic mass is 9.65. The number of rotatable bonds is 5. The molecule has 2 aromatic rings. The number of methoxy groups -OCH3 is 1. The van der Waals surface area contributed by atoms with Crippen molar-refractivity contribution in [3.8, 4) is 11.5 Å². The minimum atomic E-state index is -2.46. The summed E-state index contributed by atoms with van der Waals surface area (Å²) in [7, 11) is 0.438. The van der Waals surface area contributed by atoms with Crippen LogP contribution in [-0.2, 0) is 35.0 Å². The van der Waals surface area contributed by atoms with Gasteiger partial charge >= 0.3 is 5.97 Å². The fraction of sp³-hybridized carbons (Fsp3) is 0.529. The number of benzene rings is 2. The molecule has 0 unspecified atom stereocenters. The smallest absolute Gasteiger partial charge is 0.312 e. The molecule has 0 bridgehead atoms. The van der Waals surface area contributed by atoms with E-state index in [2.05, 4.69) is 33.9 Å². The molecule has 0 saturated carbocycles. The molecule has 1 N–H and O–H groups in total. The minimum Gasteiger partial charge on any atom is -0.543 e. The number of carbonyl (C=O) groups excluding carboxylic acids is 4. The minimum absolute atomic E-state index is 0.136. The second-order valence-electron chi connectivity index (χ2n) is 14.6. The van der Waals surface area contributed by atoms with Crippen LogP contribution in [0.3, 0.4) is 0 Å². The van der Waals surface area contributed by atoms with E-state index in [0.717, 1.165) is 0 Å². The van der Waals surface area contributed by atoms with Crippen molar-refractivity contribution in [3.63, 3.8) is 0 Å². The second kappa shape index (κ2) is 9.95. The molecule has 2 fully saturated rings. The quantitative estimate of drug-likeness (QED) is 0.275. The van der Waals surface area contributed by atoms with Crippen LogP contribution in [0.1, 0.15) is 77.2 Å². The highest BCUT2D eigenvalue weighted by molar-refractivity contribution is 6.74. The molecule has 4 heterocycles. The van der Waals surface area contributed by atoms with Crippen LogP contribution < -0.4 is 4.43 Å². The zero-order valence-electron chi connectivity index (χ0n) is 27.8. The number of phenolic OH excluding ortho intramolecular Hbond substituents is 1. The molecule has 0 radical (unpaired) electrons. The van der Waals surface area contributed by atoms with Gasteiger partial charge in [0.05, 0.1) is 23.8 Å². The highest BCUT2D eigenvalue weighted by atomic mass is 28.4. The number of ether oxygens (including phenoxy) is 5. The van der Waals surface area contributed by atoms with Gasteiger partial charge in [-0.1, -0.05) is 32.9 Å². The normalized spacial score (nSPS) is 31.6. The third-order valence-electron chi connectivity index (χ3n) is 10.8. The number of ketones is 2. The molecule has 12 nitrogen and oxygen atoms in total. The van der Waals surface area contributed by atoms with Gasteiger partial charge in [0.15, 0.2) is 6.29 Å². The molecule has 2 aromatic carbocycles. The number of aromatic hydroxyl groups is 1. The highest BCUT2D eigenvalue weighted by Gasteiger charge is 2.86. The molecule has 13 heteroatoms. The Morgan fingerprint density at radius 2 is 1.81 bits per heavy atom. The lowest BCUT2D eigenvalue weighted by molar-refractivity contribution is -0.257. The lowest BCUT2D eigenvalue weighted by Gasteiger charge is -2.47. The van der Waals surface area contributed by atoms with E-state index < -0.39 is 67.9 Å². The van der Waals surface area contributed by atoms with Crippen molar-refractivity contribution in [1.82, 2.24) is 4.90 Å². The third kappa shape index (κ3) is 4.00. The largest absolute Gasteiger partial charge is 0.543 e. The molecule has 1 aliphatic carbocycles. The van der Waals surface area contributed by atoms with Gasteiger partial charge in [-0.2, -0.15) is 0 Å². The van der Waals surface area contributed by atoms with Gasteiger partial charge in [0.2, 0.25) is 23.0 Å². The monoisotopic (exact) mass is 665 g/mol. The first-order valence-electron chi connectivity index (χ1n) is 15.7.